The zero-order valence-electron chi connectivity index (χ0n) is 13.6. The van der Waals surface area contributed by atoms with Crippen molar-refractivity contribution in [2.75, 3.05) is 19.7 Å². The van der Waals surface area contributed by atoms with Gasteiger partial charge in [0, 0.05) is 6.54 Å². The first-order valence-corrected chi connectivity index (χ1v) is 7.42. The fourth-order valence-corrected chi connectivity index (χ4v) is 1.68. The lowest BCUT2D eigenvalue weighted by Crippen LogP contribution is -2.47. The number of ether oxygens (including phenoxy) is 1. The van der Waals surface area contributed by atoms with Gasteiger partial charge < -0.3 is 21.1 Å². The molecule has 0 bridgehead atoms. The summed E-state index contributed by atoms with van der Waals surface area (Å²) in [6, 6.07) is 9.21. The van der Waals surface area contributed by atoms with Crippen molar-refractivity contribution < 1.29 is 14.3 Å². The van der Waals surface area contributed by atoms with E-state index in [0.717, 1.165) is 5.56 Å². The molecule has 1 atom stereocenters. The molecular weight excluding hydrogens is 318 g/mol. The van der Waals surface area contributed by atoms with Crippen LogP contribution in [0.2, 0.25) is 0 Å². The topological polar surface area (TPSA) is 93.5 Å². The van der Waals surface area contributed by atoms with Gasteiger partial charge in [0.15, 0.2) is 0 Å². The molecule has 2 amide bonds. The first kappa shape index (κ1) is 21.4. The summed E-state index contributed by atoms with van der Waals surface area (Å²) < 4.78 is 5.44. The predicted molar refractivity (Wildman–Crippen MR) is 92.2 cm³/mol. The summed E-state index contributed by atoms with van der Waals surface area (Å²) in [5.41, 5.74) is 6.76. The predicted octanol–water partition coefficient (Wildman–Crippen LogP) is 0.841. The average Bonchev–Trinajstić information content (AvgIpc) is 2.52. The van der Waals surface area contributed by atoms with Crippen LogP contribution in [0.15, 0.2) is 30.3 Å². The lowest BCUT2D eigenvalue weighted by Gasteiger charge is -2.15. The maximum Gasteiger partial charge on any atom is 0.239 e. The molecule has 4 N–H and O–H groups in total. The second kappa shape index (κ2) is 11.9. The Morgan fingerprint density at radius 3 is 2.43 bits per heavy atom. The van der Waals surface area contributed by atoms with Gasteiger partial charge >= 0.3 is 0 Å². The second-order valence-corrected chi connectivity index (χ2v) is 5.38. The largest absolute Gasteiger partial charge is 0.375 e. The fraction of sp³-hybridized carbons (Fsp3) is 0.500. The molecular formula is C16H26ClN3O3. The minimum Gasteiger partial charge on any atom is -0.375 e. The van der Waals surface area contributed by atoms with Gasteiger partial charge in [0.2, 0.25) is 11.8 Å². The van der Waals surface area contributed by atoms with Crippen molar-refractivity contribution in [3.05, 3.63) is 35.9 Å². The van der Waals surface area contributed by atoms with Crippen LogP contribution < -0.4 is 16.4 Å². The van der Waals surface area contributed by atoms with Crippen molar-refractivity contribution in [1.29, 1.82) is 0 Å². The first-order valence-electron chi connectivity index (χ1n) is 7.42. The van der Waals surface area contributed by atoms with E-state index < -0.39 is 6.04 Å². The number of amides is 2. The van der Waals surface area contributed by atoms with E-state index in [1.165, 1.54) is 0 Å². The Morgan fingerprint density at radius 2 is 1.83 bits per heavy atom. The standard InChI is InChI=1S/C16H25N3O3.ClH/c1-12(2)15(17)16(21)19-10-14(20)18-8-9-22-11-13-6-4-3-5-7-13;/h3-7,12,15H,8-11,17H2,1-2H3,(H,18,20)(H,19,21);1H/t15-;/m0./s1. The number of rotatable bonds is 9. The molecule has 0 aliphatic rings. The van der Waals surface area contributed by atoms with Gasteiger partial charge in [-0.05, 0) is 11.5 Å². The Balaban J connectivity index is 0.00000484. The van der Waals surface area contributed by atoms with Crippen LogP contribution in [0.3, 0.4) is 0 Å². The fourth-order valence-electron chi connectivity index (χ4n) is 1.68. The molecule has 0 spiro atoms. The summed E-state index contributed by atoms with van der Waals surface area (Å²) in [7, 11) is 0. The van der Waals surface area contributed by atoms with Crippen LogP contribution in [0.4, 0.5) is 0 Å². The molecule has 0 aromatic heterocycles. The van der Waals surface area contributed by atoms with Crippen LogP contribution in [-0.4, -0.2) is 37.6 Å². The van der Waals surface area contributed by atoms with Crippen LogP contribution in [0, 0.1) is 5.92 Å². The van der Waals surface area contributed by atoms with Gasteiger partial charge in [-0.2, -0.15) is 0 Å². The van der Waals surface area contributed by atoms with Crippen LogP contribution >= 0.6 is 12.4 Å². The van der Waals surface area contributed by atoms with E-state index in [2.05, 4.69) is 10.6 Å². The van der Waals surface area contributed by atoms with Gasteiger partial charge in [-0.15, -0.1) is 12.4 Å². The quantitative estimate of drug-likeness (QED) is 0.579. The molecule has 6 nitrogen and oxygen atoms in total. The maximum atomic E-state index is 11.6. The van der Waals surface area contributed by atoms with E-state index in [1.807, 2.05) is 44.2 Å². The molecule has 0 saturated carbocycles. The lowest BCUT2D eigenvalue weighted by atomic mass is 10.1. The summed E-state index contributed by atoms with van der Waals surface area (Å²) in [4.78, 5) is 23.1. The van der Waals surface area contributed by atoms with Crippen molar-refractivity contribution in [1.82, 2.24) is 10.6 Å². The Morgan fingerprint density at radius 1 is 1.17 bits per heavy atom. The molecule has 0 aliphatic heterocycles. The molecule has 1 aromatic carbocycles. The third kappa shape index (κ3) is 9.18. The maximum absolute atomic E-state index is 11.6. The van der Waals surface area contributed by atoms with E-state index in [-0.39, 0.29) is 36.7 Å². The Kier molecular flexibility index (Phi) is 11.0. The van der Waals surface area contributed by atoms with E-state index >= 15 is 0 Å². The monoisotopic (exact) mass is 343 g/mol. The summed E-state index contributed by atoms with van der Waals surface area (Å²) in [5, 5.41) is 5.19. The van der Waals surface area contributed by atoms with E-state index in [0.29, 0.717) is 19.8 Å². The SMILES string of the molecule is CC(C)[C@H](N)C(=O)NCC(=O)NCCOCc1ccccc1.Cl. The number of carbonyl (C=O) groups is 2. The van der Waals surface area contributed by atoms with Gasteiger partial charge in [0.05, 0.1) is 25.8 Å². The molecule has 0 fully saturated rings. The molecule has 0 saturated heterocycles. The number of hydrogen-bond acceptors (Lipinski definition) is 4. The highest BCUT2D eigenvalue weighted by molar-refractivity contribution is 5.87. The average molecular weight is 344 g/mol. The van der Waals surface area contributed by atoms with Crippen molar-refractivity contribution in [2.24, 2.45) is 11.7 Å². The summed E-state index contributed by atoms with van der Waals surface area (Å²) >= 11 is 0. The number of carbonyl (C=O) groups excluding carboxylic acids is 2. The van der Waals surface area contributed by atoms with Gasteiger partial charge in [-0.25, -0.2) is 0 Å². The molecule has 23 heavy (non-hydrogen) atoms. The number of benzene rings is 1. The van der Waals surface area contributed by atoms with E-state index in [9.17, 15) is 9.59 Å². The highest BCUT2D eigenvalue weighted by Crippen LogP contribution is 1.99. The number of hydrogen-bond donors (Lipinski definition) is 3. The van der Waals surface area contributed by atoms with Crippen LogP contribution in [0.25, 0.3) is 0 Å². The third-order valence-corrected chi connectivity index (χ3v) is 3.12. The first-order chi connectivity index (χ1) is 10.5. The van der Waals surface area contributed by atoms with Crippen molar-refractivity contribution >= 4 is 24.2 Å². The smallest absolute Gasteiger partial charge is 0.239 e. The third-order valence-electron chi connectivity index (χ3n) is 3.12. The number of halogens is 1. The van der Waals surface area contributed by atoms with Crippen LogP contribution in [0.5, 0.6) is 0 Å². The second-order valence-electron chi connectivity index (χ2n) is 5.38. The molecule has 0 unspecified atom stereocenters. The summed E-state index contributed by atoms with van der Waals surface area (Å²) in [5.74, 6) is -0.535. The minimum absolute atomic E-state index is 0. The Bertz CT molecular complexity index is 469. The lowest BCUT2D eigenvalue weighted by molar-refractivity contribution is -0.127. The molecule has 1 aromatic rings. The molecule has 7 heteroatoms. The van der Waals surface area contributed by atoms with Gasteiger partial charge in [-0.3, -0.25) is 9.59 Å². The summed E-state index contributed by atoms with van der Waals surface area (Å²) in [6.45, 7) is 4.97. The number of nitrogens with two attached hydrogens (primary N) is 1. The summed E-state index contributed by atoms with van der Waals surface area (Å²) in [6.07, 6.45) is 0. The molecule has 0 aliphatic carbocycles. The highest BCUT2D eigenvalue weighted by Gasteiger charge is 2.17. The highest BCUT2D eigenvalue weighted by atomic mass is 35.5. The zero-order valence-corrected chi connectivity index (χ0v) is 14.4. The van der Waals surface area contributed by atoms with Crippen molar-refractivity contribution in [3.8, 4) is 0 Å². The Labute approximate surface area is 143 Å². The van der Waals surface area contributed by atoms with Gasteiger partial charge in [-0.1, -0.05) is 44.2 Å². The van der Waals surface area contributed by atoms with Crippen molar-refractivity contribution in [3.63, 3.8) is 0 Å². The normalized spacial score (nSPS) is 11.5. The van der Waals surface area contributed by atoms with Crippen molar-refractivity contribution in [2.45, 2.75) is 26.5 Å². The van der Waals surface area contributed by atoms with E-state index in [4.69, 9.17) is 10.5 Å². The zero-order chi connectivity index (χ0) is 16.4. The number of nitrogens with one attached hydrogen (secondary N) is 2. The van der Waals surface area contributed by atoms with Gasteiger partial charge in [0.25, 0.3) is 0 Å². The van der Waals surface area contributed by atoms with Crippen LogP contribution in [-0.2, 0) is 20.9 Å². The minimum atomic E-state index is -0.595. The van der Waals surface area contributed by atoms with Crippen LogP contribution in [0.1, 0.15) is 19.4 Å². The molecule has 0 radical (unpaired) electrons. The van der Waals surface area contributed by atoms with E-state index in [1.54, 1.807) is 0 Å². The van der Waals surface area contributed by atoms with Gasteiger partial charge in [0.1, 0.15) is 0 Å². The molecule has 0 heterocycles. The Hall–Kier alpha value is -1.63. The molecule has 130 valence electrons. The molecule has 1 rings (SSSR count).